The van der Waals surface area contributed by atoms with E-state index in [1.54, 1.807) is 18.0 Å². The molecule has 1 atom stereocenters. The summed E-state index contributed by atoms with van der Waals surface area (Å²) in [4.78, 5) is 13.7. The minimum absolute atomic E-state index is 0.0150. The number of rotatable bonds is 8. The standard InChI is InChI=1S/C16H24N2O2/c1-4-6-15(17)16(19)18(3)12-13-7-9-14(10-8-13)20-11-5-2/h5,7-10,15H,2,4,6,11-12,17H2,1,3H3/t15-/m0/s1. The van der Waals surface area contributed by atoms with Crippen LogP contribution in [0.5, 0.6) is 5.75 Å². The van der Waals surface area contributed by atoms with Gasteiger partial charge >= 0.3 is 0 Å². The Labute approximate surface area is 121 Å². The lowest BCUT2D eigenvalue weighted by molar-refractivity contribution is -0.131. The van der Waals surface area contributed by atoms with E-state index >= 15 is 0 Å². The minimum Gasteiger partial charge on any atom is -0.490 e. The van der Waals surface area contributed by atoms with Gasteiger partial charge in [-0.2, -0.15) is 0 Å². The first kappa shape index (κ1) is 16.2. The molecule has 0 aromatic heterocycles. The lowest BCUT2D eigenvalue weighted by Gasteiger charge is -2.21. The topological polar surface area (TPSA) is 55.6 Å². The van der Waals surface area contributed by atoms with E-state index in [0.29, 0.717) is 13.2 Å². The summed E-state index contributed by atoms with van der Waals surface area (Å²) in [6.45, 7) is 6.67. The molecule has 0 aliphatic heterocycles. The van der Waals surface area contributed by atoms with Crippen molar-refractivity contribution in [3.8, 4) is 5.75 Å². The summed E-state index contributed by atoms with van der Waals surface area (Å²) in [7, 11) is 1.78. The number of nitrogens with two attached hydrogens (primary N) is 1. The number of amides is 1. The van der Waals surface area contributed by atoms with Crippen LogP contribution in [0.1, 0.15) is 25.3 Å². The first-order valence-electron chi connectivity index (χ1n) is 6.91. The third kappa shape index (κ3) is 5.05. The molecule has 0 saturated carbocycles. The Hall–Kier alpha value is -1.81. The Morgan fingerprint density at radius 3 is 2.65 bits per heavy atom. The van der Waals surface area contributed by atoms with Crippen molar-refractivity contribution in [1.29, 1.82) is 0 Å². The molecule has 4 nitrogen and oxygen atoms in total. The van der Waals surface area contributed by atoms with Gasteiger partial charge in [-0.1, -0.05) is 38.1 Å². The van der Waals surface area contributed by atoms with Gasteiger partial charge in [0.2, 0.25) is 5.91 Å². The normalized spacial score (nSPS) is 11.8. The van der Waals surface area contributed by atoms with Crippen molar-refractivity contribution in [1.82, 2.24) is 4.90 Å². The molecule has 0 aliphatic rings. The number of nitrogens with zero attached hydrogens (tertiary/aromatic N) is 1. The zero-order valence-electron chi connectivity index (χ0n) is 12.3. The lowest BCUT2D eigenvalue weighted by atomic mass is 10.1. The molecule has 0 fully saturated rings. The SMILES string of the molecule is C=CCOc1ccc(CN(C)C(=O)[C@@H](N)CCC)cc1. The van der Waals surface area contributed by atoms with Crippen LogP contribution in [-0.2, 0) is 11.3 Å². The maximum absolute atomic E-state index is 12.0. The molecular weight excluding hydrogens is 252 g/mol. The monoisotopic (exact) mass is 276 g/mol. The minimum atomic E-state index is -0.403. The molecule has 0 unspecified atom stereocenters. The Bertz CT molecular complexity index is 429. The van der Waals surface area contributed by atoms with Gasteiger partial charge in [0.15, 0.2) is 0 Å². The average Bonchev–Trinajstić information content (AvgIpc) is 2.46. The van der Waals surface area contributed by atoms with Crippen LogP contribution in [0.3, 0.4) is 0 Å². The number of hydrogen-bond acceptors (Lipinski definition) is 3. The summed E-state index contributed by atoms with van der Waals surface area (Å²) in [5.74, 6) is 0.782. The van der Waals surface area contributed by atoms with E-state index in [1.165, 1.54) is 0 Å². The van der Waals surface area contributed by atoms with Gasteiger partial charge in [-0.15, -0.1) is 0 Å². The second kappa shape index (κ2) is 8.38. The third-order valence-corrected chi connectivity index (χ3v) is 3.00. The van der Waals surface area contributed by atoms with Gasteiger partial charge in [-0.25, -0.2) is 0 Å². The lowest BCUT2D eigenvalue weighted by Crippen LogP contribution is -2.41. The Balaban J connectivity index is 2.55. The predicted molar refractivity (Wildman–Crippen MR) is 81.5 cm³/mol. The molecule has 1 amide bonds. The van der Waals surface area contributed by atoms with Gasteiger partial charge in [-0.3, -0.25) is 4.79 Å². The highest BCUT2D eigenvalue weighted by Crippen LogP contribution is 2.13. The Kier molecular flexibility index (Phi) is 6.81. The van der Waals surface area contributed by atoms with Gasteiger partial charge in [-0.05, 0) is 24.1 Å². The fraction of sp³-hybridized carbons (Fsp3) is 0.438. The van der Waals surface area contributed by atoms with E-state index in [2.05, 4.69) is 6.58 Å². The summed E-state index contributed by atoms with van der Waals surface area (Å²) in [6.07, 6.45) is 3.34. The molecule has 2 N–H and O–H groups in total. The number of likely N-dealkylation sites (N-methyl/N-ethyl adjacent to an activating group) is 1. The van der Waals surface area contributed by atoms with Crippen molar-refractivity contribution in [3.05, 3.63) is 42.5 Å². The van der Waals surface area contributed by atoms with Crippen molar-refractivity contribution in [2.24, 2.45) is 5.73 Å². The predicted octanol–water partition coefficient (Wildman–Crippen LogP) is 2.34. The van der Waals surface area contributed by atoms with Crippen LogP contribution in [0.4, 0.5) is 0 Å². The Morgan fingerprint density at radius 2 is 2.10 bits per heavy atom. The van der Waals surface area contributed by atoms with Crippen LogP contribution in [0.2, 0.25) is 0 Å². The smallest absolute Gasteiger partial charge is 0.239 e. The van der Waals surface area contributed by atoms with Crippen molar-refractivity contribution in [2.45, 2.75) is 32.4 Å². The van der Waals surface area contributed by atoms with Gasteiger partial charge in [0.1, 0.15) is 12.4 Å². The van der Waals surface area contributed by atoms with Gasteiger partial charge in [0.05, 0.1) is 6.04 Å². The van der Waals surface area contributed by atoms with E-state index < -0.39 is 6.04 Å². The molecule has 0 spiro atoms. The summed E-state index contributed by atoms with van der Waals surface area (Å²) in [5, 5.41) is 0. The van der Waals surface area contributed by atoms with Crippen LogP contribution >= 0.6 is 0 Å². The van der Waals surface area contributed by atoms with E-state index in [4.69, 9.17) is 10.5 Å². The van der Waals surface area contributed by atoms with Crippen molar-refractivity contribution in [2.75, 3.05) is 13.7 Å². The summed E-state index contributed by atoms with van der Waals surface area (Å²) in [6, 6.07) is 7.29. The quantitative estimate of drug-likeness (QED) is 0.741. The number of carbonyl (C=O) groups excluding carboxylic acids is 1. The molecule has 1 aromatic rings. The molecule has 0 aliphatic carbocycles. The molecule has 0 heterocycles. The number of hydrogen-bond donors (Lipinski definition) is 1. The average molecular weight is 276 g/mol. The summed E-state index contributed by atoms with van der Waals surface area (Å²) < 4.78 is 5.41. The molecule has 0 radical (unpaired) electrons. The molecular formula is C16H24N2O2. The van der Waals surface area contributed by atoms with Crippen LogP contribution in [-0.4, -0.2) is 30.5 Å². The Morgan fingerprint density at radius 1 is 1.45 bits per heavy atom. The summed E-state index contributed by atoms with van der Waals surface area (Å²) >= 11 is 0. The molecule has 1 rings (SSSR count). The van der Waals surface area contributed by atoms with Crippen LogP contribution in [0, 0.1) is 0 Å². The van der Waals surface area contributed by atoms with Crippen molar-refractivity contribution < 1.29 is 9.53 Å². The van der Waals surface area contributed by atoms with Crippen LogP contribution in [0.25, 0.3) is 0 Å². The van der Waals surface area contributed by atoms with Crippen LogP contribution < -0.4 is 10.5 Å². The van der Waals surface area contributed by atoms with Gasteiger partial charge in [0, 0.05) is 13.6 Å². The number of benzene rings is 1. The maximum atomic E-state index is 12.0. The van der Waals surface area contributed by atoms with E-state index in [1.807, 2.05) is 31.2 Å². The van der Waals surface area contributed by atoms with E-state index in [9.17, 15) is 4.79 Å². The fourth-order valence-corrected chi connectivity index (χ4v) is 1.92. The maximum Gasteiger partial charge on any atom is 0.239 e. The molecule has 0 bridgehead atoms. The third-order valence-electron chi connectivity index (χ3n) is 3.00. The highest BCUT2D eigenvalue weighted by Gasteiger charge is 2.16. The molecule has 0 saturated heterocycles. The number of carbonyl (C=O) groups is 1. The molecule has 20 heavy (non-hydrogen) atoms. The van der Waals surface area contributed by atoms with E-state index in [-0.39, 0.29) is 5.91 Å². The second-order valence-electron chi connectivity index (χ2n) is 4.83. The van der Waals surface area contributed by atoms with Gasteiger partial charge < -0.3 is 15.4 Å². The zero-order valence-corrected chi connectivity index (χ0v) is 12.3. The van der Waals surface area contributed by atoms with Gasteiger partial charge in [0.25, 0.3) is 0 Å². The van der Waals surface area contributed by atoms with Crippen molar-refractivity contribution >= 4 is 5.91 Å². The van der Waals surface area contributed by atoms with Crippen molar-refractivity contribution in [3.63, 3.8) is 0 Å². The fourth-order valence-electron chi connectivity index (χ4n) is 1.92. The highest BCUT2D eigenvalue weighted by molar-refractivity contribution is 5.81. The molecule has 4 heteroatoms. The first-order chi connectivity index (χ1) is 9.58. The number of ether oxygens (including phenoxy) is 1. The second-order valence-corrected chi connectivity index (χ2v) is 4.83. The first-order valence-corrected chi connectivity index (χ1v) is 6.91. The highest BCUT2D eigenvalue weighted by atomic mass is 16.5. The van der Waals surface area contributed by atoms with Crippen LogP contribution in [0.15, 0.2) is 36.9 Å². The largest absolute Gasteiger partial charge is 0.490 e. The van der Waals surface area contributed by atoms with E-state index in [0.717, 1.165) is 24.2 Å². The molecule has 110 valence electrons. The molecule has 1 aromatic carbocycles. The zero-order chi connectivity index (χ0) is 15.0. The summed E-state index contributed by atoms with van der Waals surface area (Å²) in [5.41, 5.74) is 6.89.